The van der Waals surface area contributed by atoms with Gasteiger partial charge in [0.05, 0.1) is 37.3 Å². The molecule has 0 N–H and O–H groups in total. The minimum Gasteiger partial charge on any atom is -0.497 e. The van der Waals surface area contributed by atoms with Gasteiger partial charge in [0, 0.05) is 12.4 Å². The van der Waals surface area contributed by atoms with E-state index in [-0.39, 0.29) is 11.7 Å². The summed E-state index contributed by atoms with van der Waals surface area (Å²) in [5, 5.41) is 1.35. The van der Waals surface area contributed by atoms with E-state index in [0.29, 0.717) is 29.4 Å². The SMILES string of the molecule is COc1ccc(OCCSc2nc3ccccc3c(=O)n2CC2CCCO2)cc1. The number of hydrogen-bond donors (Lipinski definition) is 0. The number of thioether (sulfide) groups is 1. The molecule has 1 saturated heterocycles. The summed E-state index contributed by atoms with van der Waals surface area (Å²) in [5.41, 5.74) is 0.712. The number of nitrogens with zero attached hydrogens (tertiary/aromatic N) is 2. The lowest BCUT2D eigenvalue weighted by atomic mass is 10.2. The van der Waals surface area contributed by atoms with Crippen molar-refractivity contribution in [3.8, 4) is 11.5 Å². The predicted molar refractivity (Wildman–Crippen MR) is 114 cm³/mol. The van der Waals surface area contributed by atoms with E-state index in [1.807, 2.05) is 48.5 Å². The smallest absolute Gasteiger partial charge is 0.262 e. The molecule has 7 heteroatoms. The van der Waals surface area contributed by atoms with Crippen LogP contribution in [0.1, 0.15) is 12.8 Å². The van der Waals surface area contributed by atoms with Crippen LogP contribution in [0.3, 0.4) is 0 Å². The van der Waals surface area contributed by atoms with Gasteiger partial charge in [0.25, 0.3) is 5.56 Å². The Morgan fingerprint density at radius 2 is 1.97 bits per heavy atom. The first kappa shape index (κ1) is 19.8. The molecule has 0 spiro atoms. The van der Waals surface area contributed by atoms with Crippen molar-refractivity contribution in [2.24, 2.45) is 0 Å². The van der Waals surface area contributed by atoms with Crippen molar-refractivity contribution < 1.29 is 14.2 Å². The van der Waals surface area contributed by atoms with Crippen molar-refractivity contribution in [3.63, 3.8) is 0 Å². The van der Waals surface area contributed by atoms with Gasteiger partial charge >= 0.3 is 0 Å². The fraction of sp³-hybridized carbons (Fsp3) is 0.364. The van der Waals surface area contributed by atoms with Crippen LogP contribution in [0, 0.1) is 0 Å². The molecule has 1 aromatic heterocycles. The molecule has 2 heterocycles. The zero-order valence-electron chi connectivity index (χ0n) is 16.4. The van der Waals surface area contributed by atoms with Crippen LogP contribution in [-0.2, 0) is 11.3 Å². The molecule has 3 aromatic rings. The molecule has 0 bridgehead atoms. The average Bonchev–Trinajstić information content (AvgIpc) is 3.27. The Morgan fingerprint density at radius 1 is 1.17 bits per heavy atom. The van der Waals surface area contributed by atoms with Crippen LogP contribution < -0.4 is 15.0 Å². The number of ether oxygens (including phenoxy) is 3. The molecule has 1 aliphatic rings. The highest BCUT2D eigenvalue weighted by atomic mass is 32.2. The first-order valence-corrected chi connectivity index (χ1v) is 10.7. The van der Waals surface area contributed by atoms with Gasteiger partial charge in [0.15, 0.2) is 5.16 Å². The maximum atomic E-state index is 13.1. The van der Waals surface area contributed by atoms with Gasteiger partial charge in [-0.25, -0.2) is 4.98 Å². The number of benzene rings is 2. The van der Waals surface area contributed by atoms with E-state index in [2.05, 4.69) is 0 Å². The maximum absolute atomic E-state index is 13.1. The molecule has 0 aliphatic carbocycles. The maximum Gasteiger partial charge on any atom is 0.262 e. The lowest BCUT2D eigenvalue weighted by Crippen LogP contribution is -2.29. The molecule has 29 heavy (non-hydrogen) atoms. The van der Waals surface area contributed by atoms with Gasteiger partial charge in [0.2, 0.25) is 0 Å². The third-order valence-electron chi connectivity index (χ3n) is 4.88. The highest BCUT2D eigenvalue weighted by Gasteiger charge is 2.20. The second-order valence-electron chi connectivity index (χ2n) is 6.83. The molecular weight excluding hydrogens is 388 g/mol. The summed E-state index contributed by atoms with van der Waals surface area (Å²) in [7, 11) is 1.64. The van der Waals surface area contributed by atoms with Crippen molar-refractivity contribution >= 4 is 22.7 Å². The molecule has 152 valence electrons. The normalized spacial score (nSPS) is 16.2. The zero-order chi connectivity index (χ0) is 20.1. The summed E-state index contributed by atoms with van der Waals surface area (Å²) in [6, 6.07) is 15.0. The number of fused-ring (bicyclic) bond motifs is 1. The predicted octanol–water partition coefficient (Wildman–Crippen LogP) is 3.76. The van der Waals surface area contributed by atoms with Gasteiger partial charge < -0.3 is 14.2 Å². The number of methoxy groups -OCH3 is 1. The van der Waals surface area contributed by atoms with Crippen LogP contribution in [0.5, 0.6) is 11.5 Å². The standard InChI is InChI=1S/C22H24N2O4S/c1-26-16-8-10-17(11-9-16)28-13-14-29-22-23-20-7-3-2-6-19(20)21(25)24(22)15-18-5-4-12-27-18/h2-3,6-11,18H,4-5,12-15H2,1H3. The largest absolute Gasteiger partial charge is 0.497 e. The molecule has 2 aromatic carbocycles. The number of hydrogen-bond acceptors (Lipinski definition) is 6. The zero-order valence-corrected chi connectivity index (χ0v) is 17.2. The van der Waals surface area contributed by atoms with Crippen LogP contribution in [-0.4, -0.2) is 41.7 Å². The second-order valence-corrected chi connectivity index (χ2v) is 7.90. The Bertz CT molecular complexity index is 1010. The molecule has 0 amide bonds. The number of para-hydroxylation sites is 1. The summed E-state index contributed by atoms with van der Waals surface area (Å²) in [6.45, 7) is 1.82. The van der Waals surface area contributed by atoms with E-state index in [9.17, 15) is 4.79 Å². The Morgan fingerprint density at radius 3 is 2.72 bits per heavy atom. The topological polar surface area (TPSA) is 62.6 Å². The fourth-order valence-corrected chi connectivity index (χ4v) is 4.20. The molecule has 0 saturated carbocycles. The Labute approximate surface area is 173 Å². The Hall–Kier alpha value is -2.51. The van der Waals surface area contributed by atoms with Crippen LogP contribution in [0.4, 0.5) is 0 Å². The molecule has 1 aliphatic heterocycles. The summed E-state index contributed by atoms with van der Waals surface area (Å²) < 4.78 is 18.5. The summed E-state index contributed by atoms with van der Waals surface area (Å²) in [4.78, 5) is 17.8. The fourth-order valence-electron chi connectivity index (χ4n) is 3.38. The highest BCUT2D eigenvalue weighted by molar-refractivity contribution is 7.99. The van der Waals surface area contributed by atoms with Crippen LogP contribution >= 0.6 is 11.8 Å². The molecular formula is C22H24N2O4S. The van der Waals surface area contributed by atoms with E-state index < -0.39 is 0 Å². The van der Waals surface area contributed by atoms with Crippen molar-refractivity contribution in [3.05, 3.63) is 58.9 Å². The monoisotopic (exact) mass is 412 g/mol. The highest BCUT2D eigenvalue weighted by Crippen LogP contribution is 2.22. The van der Waals surface area contributed by atoms with Gasteiger partial charge in [-0.1, -0.05) is 23.9 Å². The van der Waals surface area contributed by atoms with Crippen LogP contribution in [0.25, 0.3) is 10.9 Å². The Balaban J connectivity index is 1.47. The van der Waals surface area contributed by atoms with Gasteiger partial charge in [0.1, 0.15) is 11.5 Å². The third kappa shape index (κ3) is 4.74. The quantitative estimate of drug-likeness (QED) is 0.319. The lowest BCUT2D eigenvalue weighted by Gasteiger charge is -2.16. The molecule has 0 radical (unpaired) electrons. The lowest BCUT2D eigenvalue weighted by molar-refractivity contribution is 0.0937. The summed E-state index contributed by atoms with van der Waals surface area (Å²) in [5.74, 6) is 2.27. The van der Waals surface area contributed by atoms with Crippen molar-refractivity contribution in [2.45, 2.75) is 30.6 Å². The average molecular weight is 413 g/mol. The van der Waals surface area contributed by atoms with Crippen LogP contribution in [0.2, 0.25) is 0 Å². The number of aromatic nitrogens is 2. The van der Waals surface area contributed by atoms with Crippen molar-refractivity contribution in [1.29, 1.82) is 0 Å². The number of rotatable bonds is 8. The summed E-state index contributed by atoms with van der Waals surface area (Å²) in [6.07, 6.45) is 2.09. The van der Waals surface area contributed by atoms with Gasteiger partial charge in [-0.05, 0) is 49.2 Å². The van der Waals surface area contributed by atoms with E-state index in [4.69, 9.17) is 19.2 Å². The van der Waals surface area contributed by atoms with E-state index in [0.717, 1.165) is 36.5 Å². The van der Waals surface area contributed by atoms with Gasteiger partial charge in [-0.3, -0.25) is 9.36 Å². The van der Waals surface area contributed by atoms with Crippen molar-refractivity contribution in [1.82, 2.24) is 9.55 Å². The first-order valence-electron chi connectivity index (χ1n) is 9.75. The van der Waals surface area contributed by atoms with E-state index in [1.165, 1.54) is 11.8 Å². The van der Waals surface area contributed by atoms with E-state index in [1.54, 1.807) is 11.7 Å². The first-order chi connectivity index (χ1) is 14.2. The second kappa shape index (κ2) is 9.33. The van der Waals surface area contributed by atoms with Gasteiger partial charge in [-0.15, -0.1) is 0 Å². The molecule has 1 fully saturated rings. The third-order valence-corrected chi connectivity index (χ3v) is 5.82. The minimum absolute atomic E-state index is 0.00956. The molecule has 1 unspecified atom stereocenters. The van der Waals surface area contributed by atoms with E-state index >= 15 is 0 Å². The van der Waals surface area contributed by atoms with Crippen molar-refractivity contribution in [2.75, 3.05) is 26.1 Å². The molecule has 4 rings (SSSR count). The molecule has 6 nitrogen and oxygen atoms in total. The minimum atomic E-state index is -0.00956. The Kier molecular flexibility index (Phi) is 6.36. The molecule has 1 atom stereocenters. The van der Waals surface area contributed by atoms with Gasteiger partial charge in [-0.2, -0.15) is 0 Å². The summed E-state index contributed by atoms with van der Waals surface area (Å²) >= 11 is 1.53. The van der Waals surface area contributed by atoms with Crippen LogP contribution in [0.15, 0.2) is 58.5 Å².